The molecule has 0 amide bonds. The minimum atomic E-state index is -4.67. The lowest BCUT2D eigenvalue weighted by Gasteiger charge is -1.68. The Bertz CT molecular complexity index is 99.7. The smallest absolute Gasteiger partial charge is 0.344 e. The van der Waals surface area contributed by atoms with Crippen LogP contribution in [-0.2, 0) is 10.4 Å². The molecule has 9 heavy (non-hydrogen) atoms. The summed E-state index contributed by atoms with van der Waals surface area (Å²) in [4.78, 5) is 0. The average molecular weight is 164 g/mol. The second kappa shape index (κ2) is 10.7. The van der Waals surface area contributed by atoms with Crippen LogP contribution in [0.5, 0.6) is 0 Å². The summed E-state index contributed by atoms with van der Waals surface area (Å²) in [7, 11) is -4.67. The van der Waals surface area contributed by atoms with Crippen LogP contribution in [0.3, 0.4) is 0 Å². The minimum Gasteiger partial charge on any atom is -0.344 e. The highest BCUT2D eigenvalue weighted by Crippen LogP contribution is 1.59. The van der Waals surface area contributed by atoms with Crippen molar-refractivity contribution in [1.82, 2.24) is 12.3 Å². The molecule has 0 fully saturated rings. The molecule has 0 bridgehead atoms. The van der Waals surface area contributed by atoms with Gasteiger partial charge in [0.2, 0.25) is 0 Å². The largest absolute Gasteiger partial charge is 0.394 e. The van der Waals surface area contributed by atoms with Gasteiger partial charge in [0.05, 0.1) is 0 Å². The maximum absolute atomic E-state index is 8.74. The lowest BCUT2D eigenvalue weighted by molar-refractivity contribution is 0.381. The van der Waals surface area contributed by atoms with Gasteiger partial charge in [-0.3, -0.25) is 9.11 Å². The first kappa shape index (κ1) is 37.1. The summed E-state index contributed by atoms with van der Waals surface area (Å²) in [5, 5.41) is 0. The predicted molar refractivity (Wildman–Crippen MR) is 37.7 cm³/mol. The highest BCUT2D eigenvalue weighted by molar-refractivity contribution is 7.79. The van der Waals surface area contributed by atoms with Crippen LogP contribution < -0.4 is 12.3 Å². The van der Waals surface area contributed by atoms with Crippen LogP contribution in [0.15, 0.2) is 0 Å². The quantitative estimate of drug-likeness (QED) is 0.392. The van der Waals surface area contributed by atoms with Crippen molar-refractivity contribution in [2.75, 3.05) is 0 Å². The van der Waals surface area contributed by atoms with E-state index < -0.39 is 10.4 Å². The molecule has 0 rings (SSSR count). The molecule has 0 radical (unpaired) electrons. The molecule has 0 aromatic carbocycles. The maximum Gasteiger partial charge on any atom is 0.394 e. The topological polar surface area (TPSA) is 145 Å². The van der Waals surface area contributed by atoms with Crippen molar-refractivity contribution >= 4 is 10.4 Å². The lowest BCUT2D eigenvalue weighted by Crippen LogP contribution is -1.89. The van der Waals surface area contributed by atoms with Gasteiger partial charge >= 0.3 is 10.4 Å². The van der Waals surface area contributed by atoms with E-state index in [0.717, 1.165) is 0 Å². The van der Waals surface area contributed by atoms with Gasteiger partial charge in [0.15, 0.2) is 0 Å². The molecule has 8 N–H and O–H groups in total. The zero-order valence-electron chi connectivity index (χ0n) is 3.53. The molecule has 0 aliphatic heterocycles. The van der Waals surface area contributed by atoms with E-state index in [0.29, 0.717) is 0 Å². The summed E-state index contributed by atoms with van der Waals surface area (Å²) < 4.78 is 31.6. The molecule has 0 heterocycles. The Morgan fingerprint density at radius 3 is 0.889 bits per heavy atom. The Balaban J connectivity index is -0.0000000133. The molecule has 7 heteroatoms. The van der Waals surface area contributed by atoms with Crippen LogP contribution in [0.1, 0.15) is 14.9 Å². The zero-order valence-corrected chi connectivity index (χ0v) is 4.35. The summed E-state index contributed by atoms with van der Waals surface area (Å²) in [5.41, 5.74) is 0. The molecule has 0 aromatic heterocycles. The fraction of sp³-hybridized carbons (Fsp3) is 1.00. The minimum absolute atomic E-state index is 0. The van der Waals surface area contributed by atoms with Crippen molar-refractivity contribution in [3.8, 4) is 0 Å². The van der Waals surface area contributed by atoms with Gasteiger partial charge in [0.25, 0.3) is 0 Å². The molecule has 0 saturated heterocycles. The van der Waals surface area contributed by atoms with E-state index in [1.165, 1.54) is 0 Å². The third kappa shape index (κ3) is 5920. The van der Waals surface area contributed by atoms with E-state index in [9.17, 15) is 0 Å². The molecule has 0 aliphatic carbocycles. The van der Waals surface area contributed by atoms with Crippen LogP contribution in [0, 0.1) is 0 Å². The van der Waals surface area contributed by atoms with Gasteiger partial charge in [0.1, 0.15) is 0 Å². The molecular weight excluding hydrogens is 148 g/mol. The highest BCUT2D eigenvalue weighted by Gasteiger charge is 1.84. The molecule has 0 saturated carbocycles. The van der Waals surface area contributed by atoms with Crippen molar-refractivity contribution in [2.24, 2.45) is 0 Å². The third-order valence-corrected chi connectivity index (χ3v) is 0. The Kier molecular flexibility index (Phi) is 44.2. The first-order valence-corrected chi connectivity index (χ1v) is 2.10. The molecule has 0 aromatic rings. The SMILES string of the molecule is C.C.N.N.O=S(=O)(O)O. The van der Waals surface area contributed by atoms with E-state index in [1.807, 2.05) is 0 Å². The maximum atomic E-state index is 8.74. The first-order valence-electron chi connectivity index (χ1n) is 0.698. The van der Waals surface area contributed by atoms with Crippen LogP contribution in [0.4, 0.5) is 0 Å². The van der Waals surface area contributed by atoms with E-state index in [2.05, 4.69) is 0 Å². The van der Waals surface area contributed by atoms with Crippen LogP contribution in [0.25, 0.3) is 0 Å². The molecule has 0 atom stereocenters. The monoisotopic (exact) mass is 164 g/mol. The van der Waals surface area contributed by atoms with Crippen molar-refractivity contribution in [3.05, 3.63) is 0 Å². The van der Waals surface area contributed by atoms with Crippen molar-refractivity contribution < 1.29 is 17.5 Å². The van der Waals surface area contributed by atoms with Gasteiger partial charge in [-0.1, -0.05) is 14.9 Å². The number of hydrogen-bond acceptors (Lipinski definition) is 4. The van der Waals surface area contributed by atoms with Crippen LogP contribution >= 0.6 is 0 Å². The molecule has 0 spiro atoms. The van der Waals surface area contributed by atoms with E-state index in [4.69, 9.17) is 17.5 Å². The fourth-order valence-corrected chi connectivity index (χ4v) is 0. The van der Waals surface area contributed by atoms with Gasteiger partial charge in [-0.25, -0.2) is 0 Å². The third-order valence-electron chi connectivity index (χ3n) is 0. The first-order chi connectivity index (χ1) is 2.00. The summed E-state index contributed by atoms with van der Waals surface area (Å²) in [6.45, 7) is 0. The Morgan fingerprint density at radius 2 is 0.889 bits per heavy atom. The van der Waals surface area contributed by atoms with Gasteiger partial charge in [-0.05, 0) is 0 Å². The fourth-order valence-electron chi connectivity index (χ4n) is 0. The molecule has 0 unspecified atom stereocenters. The molecule has 6 nitrogen and oxygen atoms in total. The molecule has 0 aliphatic rings. The van der Waals surface area contributed by atoms with Crippen molar-refractivity contribution in [1.29, 1.82) is 0 Å². The summed E-state index contributed by atoms with van der Waals surface area (Å²) in [6, 6.07) is 0. The van der Waals surface area contributed by atoms with Crippen LogP contribution in [-0.4, -0.2) is 17.5 Å². The predicted octanol–water partition coefficient (Wildman–Crippen LogP) is 0.943. The zero-order chi connectivity index (χ0) is 4.50. The Labute approximate surface area is 56.0 Å². The summed E-state index contributed by atoms with van der Waals surface area (Å²) in [5.74, 6) is 0. The van der Waals surface area contributed by atoms with Crippen molar-refractivity contribution in [3.63, 3.8) is 0 Å². The highest BCUT2D eigenvalue weighted by atomic mass is 32.3. The number of rotatable bonds is 0. The Morgan fingerprint density at radius 1 is 0.889 bits per heavy atom. The van der Waals surface area contributed by atoms with E-state index >= 15 is 0 Å². The summed E-state index contributed by atoms with van der Waals surface area (Å²) in [6.07, 6.45) is 0. The van der Waals surface area contributed by atoms with E-state index in [1.54, 1.807) is 0 Å². The number of hydrogen-bond donors (Lipinski definition) is 4. The molecular formula is C2H16N2O4S. The van der Waals surface area contributed by atoms with Gasteiger partial charge in [0, 0.05) is 0 Å². The Hall–Kier alpha value is -0.210. The normalized spacial score (nSPS) is 6.44. The van der Waals surface area contributed by atoms with Crippen LogP contribution in [0.2, 0.25) is 0 Å². The van der Waals surface area contributed by atoms with Gasteiger partial charge in [-0.15, -0.1) is 0 Å². The van der Waals surface area contributed by atoms with E-state index in [-0.39, 0.29) is 27.2 Å². The van der Waals surface area contributed by atoms with Gasteiger partial charge < -0.3 is 12.3 Å². The van der Waals surface area contributed by atoms with Gasteiger partial charge in [-0.2, -0.15) is 8.42 Å². The molecule has 64 valence electrons. The lowest BCUT2D eigenvalue weighted by atomic mass is 12.0. The summed E-state index contributed by atoms with van der Waals surface area (Å²) >= 11 is 0. The average Bonchev–Trinajstić information content (AvgIpc) is 0.722. The second-order valence-corrected chi connectivity index (χ2v) is 1.34. The standard InChI is InChI=1S/2CH4.2H3N.H2O4S/c;;;;1-5(2,3)4/h2*1H4;2*1H3;(H2,1,2,3,4). The van der Waals surface area contributed by atoms with Crippen molar-refractivity contribution in [2.45, 2.75) is 14.9 Å². The second-order valence-electron chi connectivity index (χ2n) is 0.448.